The second-order valence-corrected chi connectivity index (χ2v) is 4.81. The molecule has 0 radical (unpaired) electrons. The summed E-state index contributed by atoms with van der Waals surface area (Å²) in [7, 11) is 4.48. The first kappa shape index (κ1) is 9.22. The lowest BCUT2D eigenvalue weighted by Gasteiger charge is -2.39. The zero-order valence-electron chi connectivity index (χ0n) is 9.48. The maximum atomic E-state index is 2.49. The molecule has 0 aromatic heterocycles. The van der Waals surface area contributed by atoms with Crippen LogP contribution in [0.2, 0.25) is 0 Å². The minimum Gasteiger partial charge on any atom is -0.358 e. The maximum absolute atomic E-state index is 2.49. The van der Waals surface area contributed by atoms with Crippen LogP contribution in [0.15, 0.2) is 24.3 Å². The van der Waals surface area contributed by atoms with Crippen LogP contribution in [0.5, 0.6) is 0 Å². The number of rotatable bonds is 0. The Labute approximate surface area is 91.5 Å². The molecule has 2 nitrogen and oxygen atoms in total. The van der Waals surface area contributed by atoms with Gasteiger partial charge in [-0.25, -0.2) is 0 Å². The molecule has 1 saturated heterocycles. The third-order valence-electron chi connectivity index (χ3n) is 3.95. The number of likely N-dealkylation sites (N-methyl/N-ethyl adjacent to an activating group) is 2. The highest BCUT2D eigenvalue weighted by Crippen LogP contribution is 2.45. The Bertz CT molecular complexity index is 375. The van der Waals surface area contributed by atoms with Crippen molar-refractivity contribution < 1.29 is 0 Å². The smallest absolute Gasteiger partial charge is 0.0885 e. The molecule has 0 N–H and O–H groups in total. The third-order valence-corrected chi connectivity index (χ3v) is 3.95. The predicted molar refractivity (Wildman–Crippen MR) is 63.2 cm³/mol. The van der Waals surface area contributed by atoms with Crippen molar-refractivity contribution >= 4 is 5.69 Å². The zero-order valence-corrected chi connectivity index (χ0v) is 9.48. The van der Waals surface area contributed by atoms with Crippen LogP contribution in [0, 0.1) is 0 Å². The van der Waals surface area contributed by atoms with Crippen molar-refractivity contribution in [1.82, 2.24) is 4.90 Å². The highest BCUT2D eigenvalue weighted by atomic mass is 15.4. The second-order valence-electron chi connectivity index (χ2n) is 4.81. The number of fused-ring (bicyclic) bond motifs is 3. The van der Waals surface area contributed by atoms with Crippen LogP contribution < -0.4 is 4.90 Å². The summed E-state index contributed by atoms with van der Waals surface area (Å²) in [5, 5.41) is 0. The summed E-state index contributed by atoms with van der Waals surface area (Å²) in [6.07, 6.45) is 3.27. The van der Waals surface area contributed by atoms with E-state index in [0.717, 1.165) is 5.92 Å². The van der Waals surface area contributed by atoms with E-state index < -0.39 is 0 Å². The molecule has 0 amide bonds. The van der Waals surface area contributed by atoms with Crippen LogP contribution in [0.25, 0.3) is 0 Å². The first-order chi connectivity index (χ1) is 7.29. The van der Waals surface area contributed by atoms with Crippen LogP contribution in [-0.4, -0.2) is 31.7 Å². The second kappa shape index (κ2) is 3.24. The van der Waals surface area contributed by atoms with E-state index in [1.165, 1.54) is 25.1 Å². The fourth-order valence-electron chi connectivity index (χ4n) is 3.30. The average molecular weight is 202 g/mol. The third kappa shape index (κ3) is 1.21. The van der Waals surface area contributed by atoms with Crippen molar-refractivity contribution in [3.05, 3.63) is 29.8 Å². The van der Waals surface area contributed by atoms with E-state index in [4.69, 9.17) is 0 Å². The van der Waals surface area contributed by atoms with Crippen molar-refractivity contribution in [3.8, 4) is 0 Å². The number of piperidine rings is 1. The van der Waals surface area contributed by atoms with Crippen molar-refractivity contribution in [2.45, 2.75) is 24.9 Å². The van der Waals surface area contributed by atoms with Gasteiger partial charge in [-0.15, -0.1) is 0 Å². The van der Waals surface area contributed by atoms with E-state index in [2.05, 4.69) is 48.2 Å². The van der Waals surface area contributed by atoms with Gasteiger partial charge in [0, 0.05) is 18.7 Å². The highest BCUT2D eigenvalue weighted by Gasteiger charge is 2.40. The lowest BCUT2D eigenvalue weighted by atomic mass is 9.90. The Kier molecular flexibility index (Phi) is 1.99. The number of para-hydroxylation sites is 1. The van der Waals surface area contributed by atoms with Crippen molar-refractivity contribution in [2.24, 2.45) is 0 Å². The predicted octanol–water partition coefficient (Wildman–Crippen LogP) is 2.27. The van der Waals surface area contributed by atoms with E-state index >= 15 is 0 Å². The van der Waals surface area contributed by atoms with Crippen molar-refractivity contribution in [2.75, 3.05) is 25.5 Å². The molecule has 2 aliphatic heterocycles. The van der Waals surface area contributed by atoms with Gasteiger partial charge in [0.25, 0.3) is 0 Å². The molecule has 2 aliphatic rings. The van der Waals surface area contributed by atoms with E-state index in [-0.39, 0.29) is 0 Å². The van der Waals surface area contributed by atoms with Gasteiger partial charge in [0.15, 0.2) is 0 Å². The molecular weight excluding hydrogens is 184 g/mol. The number of benzene rings is 1. The number of likely N-dealkylation sites (tertiary alicyclic amines) is 1. The summed E-state index contributed by atoms with van der Waals surface area (Å²) < 4.78 is 0. The Hall–Kier alpha value is -1.02. The Morgan fingerprint density at radius 3 is 2.87 bits per heavy atom. The fraction of sp³-hybridized carbons (Fsp3) is 0.538. The highest BCUT2D eigenvalue weighted by molar-refractivity contribution is 5.61. The molecule has 3 rings (SSSR count). The molecule has 1 fully saturated rings. The van der Waals surface area contributed by atoms with Gasteiger partial charge < -0.3 is 4.90 Å². The van der Waals surface area contributed by atoms with Gasteiger partial charge >= 0.3 is 0 Å². The van der Waals surface area contributed by atoms with E-state index in [9.17, 15) is 0 Å². The van der Waals surface area contributed by atoms with Crippen LogP contribution in [0.1, 0.15) is 24.3 Å². The van der Waals surface area contributed by atoms with E-state index in [1.54, 1.807) is 5.56 Å². The monoisotopic (exact) mass is 202 g/mol. The average Bonchev–Trinajstić information content (AvgIpc) is 2.55. The molecule has 1 aromatic rings. The van der Waals surface area contributed by atoms with Crippen molar-refractivity contribution in [3.63, 3.8) is 0 Å². The summed E-state index contributed by atoms with van der Waals surface area (Å²) in [5.74, 6) is 0.727. The van der Waals surface area contributed by atoms with Gasteiger partial charge in [-0.05, 0) is 38.1 Å². The Morgan fingerprint density at radius 1 is 1.20 bits per heavy atom. The van der Waals surface area contributed by atoms with Gasteiger partial charge in [0.2, 0.25) is 0 Å². The molecule has 2 heterocycles. The first-order valence-electron chi connectivity index (χ1n) is 5.81. The lowest BCUT2D eigenvalue weighted by Crippen LogP contribution is -2.47. The Balaban J connectivity index is 2.06. The molecule has 1 aromatic carbocycles. The fourth-order valence-corrected chi connectivity index (χ4v) is 3.30. The molecule has 80 valence electrons. The lowest BCUT2D eigenvalue weighted by molar-refractivity contribution is 0.170. The van der Waals surface area contributed by atoms with Gasteiger partial charge in [-0.3, -0.25) is 4.90 Å². The first-order valence-corrected chi connectivity index (χ1v) is 5.81. The van der Waals surface area contributed by atoms with Crippen LogP contribution in [0.4, 0.5) is 5.69 Å². The number of nitrogens with zero attached hydrogens (tertiary/aromatic N) is 2. The minimum absolute atomic E-state index is 0.594. The molecule has 2 unspecified atom stereocenters. The van der Waals surface area contributed by atoms with Gasteiger partial charge in [0.05, 0.1) is 6.17 Å². The topological polar surface area (TPSA) is 6.48 Å². The largest absolute Gasteiger partial charge is 0.358 e. The van der Waals surface area contributed by atoms with E-state index in [1.807, 2.05) is 0 Å². The summed E-state index contributed by atoms with van der Waals surface area (Å²) in [6.45, 7) is 1.24. The number of hydrogen-bond donors (Lipinski definition) is 0. The van der Waals surface area contributed by atoms with Crippen LogP contribution >= 0.6 is 0 Å². The zero-order chi connectivity index (χ0) is 10.4. The number of hydrogen-bond acceptors (Lipinski definition) is 2. The molecule has 2 atom stereocenters. The van der Waals surface area contributed by atoms with Crippen molar-refractivity contribution in [1.29, 1.82) is 0 Å². The molecular formula is C13H18N2. The Morgan fingerprint density at radius 2 is 2.00 bits per heavy atom. The maximum Gasteiger partial charge on any atom is 0.0885 e. The minimum atomic E-state index is 0.594. The summed E-state index contributed by atoms with van der Waals surface area (Å²) >= 11 is 0. The molecule has 0 aliphatic carbocycles. The molecule has 0 spiro atoms. The van der Waals surface area contributed by atoms with Crippen LogP contribution in [-0.2, 0) is 0 Å². The van der Waals surface area contributed by atoms with Crippen LogP contribution in [0.3, 0.4) is 0 Å². The molecule has 2 heteroatoms. The molecule has 15 heavy (non-hydrogen) atoms. The van der Waals surface area contributed by atoms with Gasteiger partial charge in [0.1, 0.15) is 0 Å². The normalized spacial score (nSPS) is 30.1. The summed E-state index contributed by atoms with van der Waals surface area (Å²) in [5.41, 5.74) is 2.98. The quantitative estimate of drug-likeness (QED) is 0.637. The number of anilines is 1. The van der Waals surface area contributed by atoms with Gasteiger partial charge in [-0.2, -0.15) is 0 Å². The van der Waals surface area contributed by atoms with E-state index in [0.29, 0.717) is 6.17 Å². The molecule has 0 saturated carbocycles. The van der Waals surface area contributed by atoms with Gasteiger partial charge in [-0.1, -0.05) is 18.2 Å². The summed E-state index contributed by atoms with van der Waals surface area (Å²) in [4.78, 5) is 4.94. The SMILES string of the molecule is CN1CCCC2c3ccccc3N(C)C21. The molecule has 0 bridgehead atoms. The standard InChI is InChI=1S/C13H18N2/c1-14-9-5-7-11-10-6-3-4-8-12(10)15(2)13(11)14/h3-4,6,8,11,13H,5,7,9H2,1-2H3. The summed E-state index contributed by atoms with van der Waals surface area (Å²) in [6, 6.07) is 8.87.